The van der Waals surface area contributed by atoms with Gasteiger partial charge >= 0.3 is 0 Å². The Kier molecular flexibility index (Phi) is 5.12. The lowest BCUT2D eigenvalue weighted by atomic mass is 10.1. The van der Waals surface area contributed by atoms with E-state index in [0.717, 1.165) is 23.3 Å². The lowest BCUT2D eigenvalue weighted by Gasteiger charge is -2.12. The van der Waals surface area contributed by atoms with Crippen molar-refractivity contribution in [2.24, 2.45) is 0 Å². The normalized spacial score (nSPS) is 10.6. The van der Waals surface area contributed by atoms with Crippen LogP contribution in [-0.4, -0.2) is 15.9 Å². The summed E-state index contributed by atoms with van der Waals surface area (Å²) in [4.78, 5) is 20.8. The lowest BCUT2D eigenvalue weighted by molar-refractivity contribution is 0.102. The molecule has 0 saturated carbocycles. The number of benzene rings is 2. The molecule has 0 spiro atoms. The summed E-state index contributed by atoms with van der Waals surface area (Å²) in [6.45, 7) is 5.45. The first-order valence-corrected chi connectivity index (χ1v) is 8.29. The third-order valence-electron chi connectivity index (χ3n) is 4.01. The highest BCUT2D eigenvalue weighted by atomic mass is 19.1. The van der Waals surface area contributed by atoms with Crippen molar-refractivity contribution in [3.8, 4) is 0 Å². The summed E-state index contributed by atoms with van der Waals surface area (Å²) in [5.41, 5.74) is 2.74. The third kappa shape index (κ3) is 4.08. The van der Waals surface area contributed by atoms with Crippen molar-refractivity contribution in [1.29, 1.82) is 0 Å². The van der Waals surface area contributed by atoms with E-state index >= 15 is 0 Å². The maximum absolute atomic E-state index is 13.8. The number of anilines is 3. The van der Waals surface area contributed by atoms with Crippen molar-refractivity contribution >= 4 is 23.2 Å². The standard InChI is InChI=1S/C20H18F2N4O/c1-11-6-4-7-12(2)17(11)25-19(27)16-10-13(3)23-20(24-16)26-18-14(21)8-5-9-15(18)22/h4-10H,1-3H3,(H,25,27)(H,23,24,26). The fourth-order valence-electron chi connectivity index (χ4n) is 2.66. The zero-order valence-electron chi connectivity index (χ0n) is 15.1. The molecule has 0 aliphatic heterocycles. The van der Waals surface area contributed by atoms with Crippen LogP contribution >= 0.6 is 0 Å². The molecule has 0 aliphatic carbocycles. The van der Waals surface area contributed by atoms with Crippen LogP contribution in [0.5, 0.6) is 0 Å². The van der Waals surface area contributed by atoms with Gasteiger partial charge in [0.05, 0.1) is 0 Å². The minimum atomic E-state index is -0.776. The molecule has 2 aromatic carbocycles. The minimum absolute atomic E-state index is 0.0642. The van der Waals surface area contributed by atoms with E-state index in [0.29, 0.717) is 11.4 Å². The summed E-state index contributed by atoms with van der Waals surface area (Å²) in [6.07, 6.45) is 0. The van der Waals surface area contributed by atoms with E-state index in [1.165, 1.54) is 12.1 Å². The van der Waals surface area contributed by atoms with E-state index in [1.807, 2.05) is 32.0 Å². The predicted molar refractivity (Wildman–Crippen MR) is 100 cm³/mol. The Bertz CT molecular complexity index is 980. The van der Waals surface area contributed by atoms with Crippen molar-refractivity contribution in [3.05, 3.63) is 76.6 Å². The van der Waals surface area contributed by atoms with Crippen LogP contribution in [0.2, 0.25) is 0 Å². The highest BCUT2D eigenvalue weighted by Crippen LogP contribution is 2.23. The van der Waals surface area contributed by atoms with Crippen LogP contribution in [0.4, 0.5) is 26.1 Å². The molecule has 0 atom stereocenters. The largest absolute Gasteiger partial charge is 0.320 e. The van der Waals surface area contributed by atoms with Crippen LogP contribution in [0.15, 0.2) is 42.5 Å². The molecule has 2 N–H and O–H groups in total. The zero-order chi connectivity index (χ0) is 19.6. The first-order chi connectivity index (χ1) is 12.8. The van der Waals surface area contributed by atoms with Crippen LogP contribution in [0.1, 0.15) is 27.3 Å². The average Bonchev–Trinajstić information content (AvgIpc) is 2.61. The average molecular weight is 368 g/mol. The van der Waals surface area contributed by atoms with Gasteiger partial charge in [-0.3, -0.25) is 4.79 Å². The third-order valence-corrected chi connectivity index (χ3v) is 4.01. The monoisotopic (exact) mass is 368 g/mol. The summed E-state index contributed by atoms with van der Waals surface area (Å²) < 4.78 is 27.7. The molecule has 0 radical (unpaired) electrons. The molecule has 1 heterocycles. The number of para-hydroxylation sites is 2. The van der Waals surface area contributed by atoms with Crippen LogP contribution < -0.4 is 10.6 Å². The van der Waals surface area contributed by atoms with E-state index in [1.54, 1.807) is 6.92 Å². The van der Waals surface area contributed by atoms with Gasteiger partial charge in [-0.05, 0) is 50.1 Å². The molecule has 5 nitrogen and oxygen atoms in total. The molecular formula is C20H18F2N4O. The Morgan fingerprint density at radius 2 is 1.48 bits per heavy atom. The number of nitrogens with zero attached hydrogens (tertiary/aromatic N) is 2. The minimum Gasteiger partial charge on any atom is -0.320 e. The number of aryl methyl sites for hydroxylation is 3. The topological polar surface area (TPSA) is 66.9 Å². The van der Waals surface area contributed by atoms with E-state index in [-0.39, 0.29) is 17.3 Å². The highest BCUT2D eigenvalue weighted by Gasteiger charge is 2.15. The summed E-state index contributed by atoms with van der Waals surface area (Å²) in [6, 6.07) is 10.7. The van der Waals surface area contributed by atoms with Gasteiger partial charge in [0.1, 0.15) is 23.0 Å². The predicted octanol–water partition coefficient (Wildman–Crippen LogP) is 4.68. The van der Waals surface area contributed by atoms with E-state index in [2.05, 4.69) is 20.6 Å². The Balaban J connectivity index is 1.90. The van der Waals surface area contributed by atoms with Gasteiger partial charge in [0.15, 0.2) is 0 Å². The highest BCUT2D eigenvalue weighted by molar-refractivity contribution is 6.04. The molecule has 7 heteroatoms. The maximum atomic E-state index is 13.8. The van der Waals surface area contributed by atoms with Crippen molar-refractivity contribution in [2.45, 2.75) is 20.8 Å². The fourth-order valence-corrected chi connectivity index (χ4v) is 2.66. The SMILES string of the molecule is Cc1cc(C(=O)Nc2c(C)cccc2C)nc(Nc2c(F)cccc2F)n1. The number of hydrogen-bond donors (Lipinski definition) is 2. The van der Waals surface area contributed by atoms with Crippen molar-refractivity contribution in [1.82, 2.24) is 9.97 Å². The van der Waals surface area contributed by atoms with Crippen molar-refractivity contribution in [3.63, 3.8) is 0 Å². The van der Waals surface area contributed by atoms with Crippen LogP contribution in [0.25, 0.3) is 0 Å². The fraction of sp³-hybridized carbons (Fsp3) is 0.150. The molecule has 27 heavy (non-hydrogen) atoms. The molecule has 1 amide bonds. The second-order valence-electron chi connectivity index (χ2n) is 6.16. The summed E-state index contributed by atoms with van der Waals surface area (Å²) in [7, 11) is 0. The quantitative estimate of drug-likeness (QED) is 0.702. The molecule has 0 bridgehead atoms. The summed E-state index contributed by atoms with van der Waals surface area (Å²) >= 11 is 0. The molecule has 0 aliphatic rings. The molecular weight excluding hydrogens is 350 g/mol. The maximum Gasteiger partial charge on any atom is 0.274 e. The lowest BCUT2D eigenvalue weighted by Crippen LogP contribution is -2.17. The van der Waals surface area contributed by atoms with Gasteiger partial charge in [0, 0.05) is 11.4 Å². The number of aromatic nitrogens is 2. The molecule has 138 valence electrons. The number of carbonyl (C=O) groups is 1. The van der Waals surface area contributed by atoms with Crippen LogP contribution in [-0.2, 0) is 0 Å². The Morgan fingerprint density at radius 1 is 0.889 bits per heavy atom. The second kappa shape index (κ2) is 7.49. The zero-order valence-corrected chi connectivity index (χ0v) is 15.1. The van der Waals surface area contributed by atoms with Gasteiger partial charge in [0.25, 0.3) is 5.91 Å². The molecule has 0 fully saturated rings. The van der Waals surface area contributed by atoms with Gasteiger partial charge in [-0.2, -0.15) is 0 Å². The smallest absolute Gasteiger partial charge is 0.274 e. The molecule has 0 saturated heterocycles. The summed E-state index contributed by atoms with van der Waals surface area (Å²) in [5, 5.41) is 5.34. The van der Waals surface area contributed by atoms with E-state index in [4.69, 9.17) is 0 Å². The number of amides is 1. The van der Waals surface area contributed by atoms with Gasteiger partial charge in [-0.25, -0.2) is 18.7 Å². The summed E-state index contributed by atoms with van der Waals surface area (Å²) in [5.74, 6) is -2.05. The van der Waals surface area contributed by atoms with Gasteiger partial charge in [-0.15, -0.1) is 0 Å². The van der Waals surface area contributed by atoms with E-state index in [9.17, 15) is 13.6 Å². The Labute approximate surface area is 155 Å². The number of rotatable bonds is 4. The Hall–Kier alpha value is -3.35. The number of nitrogens with one attached hydrogen (secondary N) is 2. The van der Waals surface area contributed by atoms with Crippen LogP contribution in [0, 0.1) is 32.4 Å². The van der Waals surface area contributed by atoms with Crippen molar-refractivity contribution in [2.75, 3.05) is 10.6 Å². The van der Waals surface area contributed by atoms with Crippen molar-refractivity contribution < 1.29 is 13.6 Å². The first kappa shape index (κ1) is 18.4. The van der Waals surface area contributed by atoms with E-state index < -0.39 is 17.5 Å². The first-order valence-electron chi connectivity index (χ1n) is 8.29. The van der Waals surface area contributed by atoms with Gasteiger partial charge in [0.2, 0.25) is 5.95 Å². The second-order valence-corrected chi connectivity index (χ2v) is 6.16. The molecule has 3 rings (SSSR count). The number of halogens is 2. The molecule has 1 aromatic heterocycles. The number of carbonyl (C=O) groups excluding carboxylic acids is 1. The van der Waals surface area contributed by atoms with Crippen LogP contribution in [0.3, 0.4) is 0 Å². The Morgan fingerprint density at radius 3 is 2.11 bits per heavy atom. The number of hydrogen-bond acceptors (Lipinski definition) is 4. The molecule has 0 unspecified atom stereocenters. The van der Waals surface area contributed by atoms with Gasteiger partial charge < -0.3 is 10.6 Å². The van der Waals surface area contributed by atoms with Gasteiger partial charge in [-0.1, -0.05) is 24.3 Å². The molecule has 3 aromatic rings.